The molecule has 2 atom stereocenters. The van der Waals surface area contributed by atoms with Crippen LogP contribution >= 0.6 is 0 Å². The average molecular weight is 371 g/mol. The number of nitrogens with zero attached hydrogens (tertiary/aromatic N) is 7. The van der Waals surface area contributed by atoms with Crippen molar-refractivity contribution < 1.29 is 0 Å². The molecule has 7 nitrogen and oxygen atoms in total. The number of imidazole rings is 1. The van der Waals surface area contributed by atoms with Crippen molar-refractivity contribution in [1.29, 1.82) is 0 Å². The normalized spacial score (nSPS) is 18.5. The molecular weight excluding hydrogens is 350 g/mol. The number of rotatable bonds is 4. The molecular formula is C21H21N7. The smallest absolute Gasteiger partial charge is 0.159 e. The van der Waals surface area contributed by atoms with E-state index in [1.165, 1.54) is 0 Å². The molecule has 28 heavy (non-hydrogen) atoms. The fourth-order valence-electron chi connectivity index (χ4n) is 3.94. The van der Waals surface area contributed by atoms with E-state index in [1.54, 1.807) is 4.68 Å². The molecule has 4 heterocycles. The molecule has 4 aromatic rings. The zero-order valence-corrected chi connectivity index (χ0v) is 16.2. The van der Waals surface area contributed by atoms with E-state index in [4.69, 9.17) is 9.97 Å². The number of aryl methyl sites for hydroxylation is 3. The van der Waals surface area contributed by atoms with Crippen LogP contribution in [-0.2, 0) is 0 Å². The van der Waals surface area contributed by atoms with E-state index < -0.39 is 0 Å². The van der Waals surface area contributed by atoms with Gasteiger partial charge in [0.2, 0.25) is 0 Å². The quantitative estimate of drug-likeness (QED) is 0.548. The molecule has 140 valence electrons. The molecule has 0 aromatic carbocycles. The topological polar surface area (TPSA) is 73.8 Å². The Morgan fingerprint density at radius 1 is 1.04 bits per heavy atom. The zero-order chi connectivity index (χ0) is 19.4. The van der Waals surface area contributed by atoms with Crippen LogP contribution in [0.15, 0.2) is 37.0 Å². The molecule has 0 saturated heterocycles. The summed E-state index contributed by atoms with van der Waals surface area (Å²) in [6.07, 6.45) is 4.95. The zero-order valence-electron chi connectivity index (χ0n) is 16.2. The van der Waals surface area contributed by atoms with Crippen LogP contribution in [0, 0.1) is 20.8 Å². The molecule has 0 spiro atoms. The van der Waals surface area contributed by atoms with Crippen LogP contribution in [0.25, 0.3) is 17.5 Å². The van der Waals surface area contributed by atoms with Crippen LogP contribution in [0.2, 0.25) is 0 Å². The molecule has 0 radical (unpaired) electrons. The Hall–Kier alpha value is -3.35. The van der Waals surface area contributed by atoms with E-state index in [-0.39, 0.29) is 0 Å². The highest BCUT2D eigenvalue weighted by atomic mass is 15.4. The van der Waals surface area contributed by atoms with Crippen LogP contribution in [0.1, 0.15) is 52.8 Å². The van der Waals surface area contributed by atoms with Gasteiger partial charge in [0.25, 0.3) is 0 Å². The molecule has 0 aliphatic heterocycles. The number of fused-ring (bicyclic) bond motifs is 1. The van der Waals surface area contributed by atoms with Gasteiger partial charge < -0.3 is 4.40 Å². The van der Waals surface area contributed by atoms with Gasteiger partial charge in [0.1, 0.15) is 23.1 Å². The molecule has 1 saturated carbocycles. The molecule has 0 bridgehead atoms. The lowest BCUT2D eigenvalue weighted by Crippen LogP contribution is -2.06. The van der Waals surface area contributed by atoms with Gasteiger partial charge in [-0.05, 0) is 45.4 Å². The minimum atomic E-state index is 0.328. The minimum absolute atomic E-state index is 0.328. The minimum Gasteiger partial charge on any atom is -0.300 e. The molecule has 0 unspecified atom stereocenters. The first kappa shape index (κ1) is 16.8. The summed E-state index contributed by atoms with van der Waals surface area (Å²) in [5, 5.41) is 4.46. The number of aromatic nitrogens is 7. The Morgan fingerprint density at radius 2 is 1.89 bits per heavy atom. The summed E-state index contributed by atoms with van der Waals surface area (Å²) in [4.78, 5) is 18.5. The second-order valence-corrected chi connectivity index (χ2v) is 7.28. The molecule has 5 rings (SSSR count). The predicted octanol–water partition coefficient (Wildman–Crippen LogP) is 3.54. The molecule has 1 fully saturated rings. The third-order valence-electron chi connectivity index (χ3n) is 5.25. The van der Waals surface area contributed by atoms with Crippen LogP contribution in [-0.4, -0.2) is 34.1 Å². The summed E-state index contributed by atoms with van der Waals surface area (Å²) >= 11 is 0. The van der Waals surface area contributed by atoms with Crippen molar-refractivity contribution in [3.63, 3.8) is 0 Å². The first-order valence-electron chi connectivity index (χ1n) is 9.41. The lowest BCUT2D eigenvalue weighted by Gasteiger charge is -2.07. The van der Waals surface area contributed by atoms with Crippen LogP contribution in [0.5, 0.6) is 0 Å². The van der Waals surface area contributed by atoms with Gasteiger partial charge >= 0.3 is 0 Å². The van der Waals surface area contributed by atoms with Crippen LogP contribution in [0.3, 0.4) is 0 Å². The monoisotopic (exact) mass is 371 g/mol. The van der Waals surface area contributed by atoms with Crippen molar-refractivity contribution in [3.05, 3.63) is 71.6 Å². The number of hydrogen-bond donors (Lipinski definition) is 0. The maximum Gasteiger partial charge on any atom is 0.159 e. The van der Waals surface area contributed by atoms with E-state index in [0.717, 1.165) is 52.4 Å². The van der Waals surface area contributed by atoms with Gasteiger partial charge in [-0.1, -0.05) is 12.6 Å². The van der Waals surface area contributed by atoms with Crippen LogP contribution < -0.4 is 0 Å². The summed E-state index contributed by atoms with van der Waals surface area (Å²) in [7, 11) is 0. The van der Waals surface area contributed by atoms with Crippen LogP contribution in [0.4, 0.5) is 0 Å². The van der Waals surface area contributed by atoms with Gasteiger partial charge in [-0.15, -0.1) is 5.10 Å². The molecule has 7 heteroatoms. The van der Waals surface area contributed by atoms with E-state index in [1.807, 2.05) is 57.3 Å². The predicted molar refractivity (Wildman–Crippen MR) is 107 cm³/mol. The molecule has 1 aliphatic carbocycles. The van der Waals surface area contributed by atoms with Gasteiger partial charge in [0.05, 0.1) is 17.1 Å². The van der Waals surface area contributed by atoms with E-state index in [2.05, 4.69) is 26.0 Å². The van der Waals surface area contributed by atoms with Crippen molar-refractivity contribution in [2.75, 3.05) is 0 Å². The summed E-state index contributed by atoms with van der Waals surface area (Å²) in [6, 6.07) is 8.07. The average Bonchev–Trinajstić information content (AvgIpc) is 3.28. The Kier molecular flexibility index (Phi) is 3.65. The second kappa shape index (κ2) is 6.09. The molecule has 0 amide bonds. The molecule has 4 aromatic heterocycles. The second-order valence-electron chi connectivity index (χ2n) is 7.28. The summed E-state index contributed by atoms with van der Waals surface area (Å²) in [5.74, 6) is 3.74. The third-order valence-corrected chi connectivity index (χ3v) is 5.25. The van der Waals surface area contributed by atoms with E-state index in [0.29, 0.717) is 11.8 Å². The summed E-state index contributed by atoms with van der Waals surface area (Å²) < 4.78 is 3.88. The number of hydrogen-bond acceptors (Lipinski definition) is 5. The lowest BCUT2D eigenvalue weighted by molar-refractivity contribution is 0.778. The highest BCUT2D eigenvalue weighted by Crippen LogP contribution is 2.54. The summed E-state index contributed by atoms with van der Waals surface area (Å²) in [5.41, 5.74) is 4.15. The molecule has 1 aliphatic rings. The largest absolute Gasteiger partial charge is 0.300 e. The highest BCUT2D eigenvalue weighted by molar-refractivity contribution is 5.57. The Labute approximate surface area is 162 Å². The SMILES string of the molecule is C=Cc1c([C@@H]2C[C@H]2c2cc(-n3nc(C)nc3C)nc(C)n2)nc2ccccn12. The first-order chi connectivity index (χ1) is 13.5. The maximum atomic E-state index is 4.86. The first-order valence-corrected chi connectivity index (χ1v) is 9.41. The maximum absolute atomic E-state index is 4.86. The Balaban J connectivity index is 1.53. The van der Waals surface area contributed by atoms with E-state index >= 15 is 0 Å². The molecule has 0 N–H and O–H groups in total. The van der Waals surface area contributed by atoms with Gasteiger partial charge in [-0.2, -0.15) is 4.68 Å². The van der Waals surface area contributed by atoms with Gasteiger partial charge in [0.15, 0.2) is 5.82 Å². The van der Waals surface area contributed by atoms with Gasteiger partial charge in [0, 0.05) is 24.1 Å². The van der Waals surface area contributed by atoms with E-state index in [9.17, 15) is 0 Å². The van der Waals surface area contributed by atoms with Crippen molar-refractivity contribution in [3.8, 4) is 5.82 Å². The van der Waals surface area contributed by atoms with Crippen molar-refractivity contribution in [1.82, 2.24) is 34.1 Å². The van der Waals surface area contributed by atoms with Crippen molar-refractivity contribution in [2.45, 2.75) is 39.0 Å². The Morgan fingerprint density at radius 3 is 2.64 bits per heavy atom. The van der Waals surface area contributed by atoms with Gasteiger partial charge in [-0.3, -0.25) is 0 Å². The third kappa shape index (κ3) is 2.62. The standard InChI is InChI=1S/C21H21N7/c1-5-18-21(25-19-8-6-7-9-27(18)19)16-10-15(16)17-11-20(24-12(2)23-17)28-14(4)22-13(3)26-28/h5-9,11,15-16H,1,10H2,2-4H3/t15-,16-/m1/s1. The number of pyridine rings is 1. The van der Waals surface area contributed by atoms with Crippen molar-refractivity contribution >= 4 is 11.7 Å². The Bertz CT molecular complexity index is 1220. The fourth-order valence-corrected chi connectivity index (χ4v) is 3.94. The fraction of sp³-hybridized carbons (Fsp3) is 0.286. The lowest BCUT2D eigenvalue weighted by atomic mass is 10.1. The van der Waals surface area contributed by atoms with Crippen molar-refractivity contribution in [2.24, 2.45) is 0 Å². The highest BCUT2D eigenvalue weighted by Gasteiger charge is 2.44. The van der Waals surface area contributed by atoms with Gasteiger partial charge in [-0.25, -0.2) is 19.9 Å². The summed E-state index contributed by atoms with van der Waals surface area (Å²) in [6.45, 7) is 9.74.